The van der Waals surface area contributed by atoms with E-state index >= 15 is 0 Å². The second kappa shape index (κ2) is 7.87. The van der Waals surface area contributed by atoms with Gasteiger partial charge in [-0.05, 0) is 39.5 Å². The number of ether oxygens (including phenoxy) is 1. The van der Waals surface area contributed by atoms with Gasteiger partial charge in [0.2, 0.25) is 0 Å². The van der Waals surface area contributed by atoms with Crippen LogP contribution < -0.4 is 5.32 Å². The van der Waals surface area contributed by atoms with Crippen molar-refractivity contribution in [2.24, 2.45) is 5.92 Å². The van der Waals surface area contributed by atoms with Crippen LogP contribution in [-0.4, -0.2) is 24.3 Å². The maximum absolute atomic E-state index is 9.28. The van der Waals surface area contributed by atoms with Crippen molar-refractivity contribution in [1.82, 2.24) is 5.32 Å². The van der Waals surface area contributed by atoms with Gasteiger partial charge in [-0.25, -0.2) is 0 Å². The van der Waals surface area contributed by atoms with Gasteiger partial charge in [-0.3, -0.25) is 5.32 Å². The Morgan fingerprint density at radius 2 is 2.16 bits per heavy atom. The third-order valence-electron chi connectivity index (χ3n) is 4.12. The lowest BCUT2D eigenvalue weighted by Gasteiger charge is -2.30. The molecular formula is C16H30N2O. The van der Waals surface area contributed by atoms with Gasteiger partial charge in [0.05, 0.1) is 12.2 Å². The first kappa shape index (κ1) is 16.5. The summed E-state index contributed by atoms with van der Waals surface area (Å²) in [5.41, 5.74) is -0.465. The average Bonchev–Trinajstić information content (AvgIpc) is 2.38. The topological polar surface area (TPSA) is 45.0 Å². The molecule has 0 aromatic heterocycles. The zero-order chi connectivity index (χ0) is 14.3. The van der Waals surface area contributed by atoms with E-state index in [1.54, 1.807) is 0 Å². The SMILES string of the molecule is CCC1CCCC(OCCC(C)(C#N)NC(C)C)C1. The predicted molar refractivity (Wildman–Crippen MR) is 78.9 cm³/mol. The standard InChI is InChI=1S/C16H30N2O/c1-5-14-7-6-8-15(11-14)19-10-9-16(4,12-17)18-13(2)3/h13-15,18H,5-11H2,1-4H3. The summed E-state index contributed by atoms with van der Waals surface area (Å²) in [5.74, 6) is 0.842. The van der Waals surface area contributed by atoms with E-state index in [2.05, 4.69) is 32.2 Å². The highest BCUT2D eigenvalue weighted by Crippen LogP contribution is 2.28. The summed E-state index contributed by atoms with van der Waals surface area (Å²) >= 11 is 0. The number of rotatable bonds is 7. The van der Waals surface area contributed by atoms with E-state index < -0.39 is 5.54 Å². The highest BCUT2D eigenvalue weighted by molar-refractivity contribution is 5.04. The fourth-order valence-electron chi connectivity index (χ4n) is 2.99. The van der Waals surface area contributed by atoms with E-state index in [4.69, 9.17) is 4.74 Å². The van der Waals surface area contributed by atoms with Gasteiger partial charge < -0.3 is 4.74 Å². The third-order valence-corrected chi connectivity index (χ3v) is 4.12. The Morgan fingerprint density at radius 1 is 1.42 bits per heavy atom. The maximum atomic E-state index is 9.28. The Morgan fingerprint density at radius 3 is 2.74 bits per heavy atom. The number of nitrogens with zero attached hydrogens (tertiary/aromatic N) is 1. The molecule has 0 heterocycles. The first-order chi connectivity index (χ1) is 8.99. The van der Waals surface area contributed by atoms with Crippen molar-refractivity contribution < 1.29 is 4.74 Å². The summed E-state index contributed by atoms with van der Waals surface area (Å²) in [6, 6.07) is 2.70. The van der Waals surface area contributed by atoms with Gasteiger partial charge in [0.15, 0.2) is 0 Å². The molecule has 0 saturated heterocycles. The fraction of sp³-hybridized carbons (Fsp3) is 0.938. The van der Waals surface area contributed by atoms with Gasteiger partial charge >= 0.3 is 0 Å². The molecule has 1 aliphatic carbocycles. The van der Waals surface area contributed by atoms with Crippen LogP contribution in [0.25, 0.3) is 0 Å². The molecule has 3 heteroatoms. The van der Waals surface area contributed by atoms with Crippen molar-refractivity contribution in [2.75, 3.05) is 6.61 Å². The summed E-state index contributed by atoms with van der Waals surface area (Å²) in [7, 11) is 0. The monoisotopic (exact) mass is 266 g/mol. The molecule has 1 aliphatic rings. The summed E-state index contributed by atoms with van der Waals surface area (Å²) in [4.78, 5) is 0. The van der Waals surface area contributed by atoms with Crippen molar-refractivity contribution in [3.05, 3.63) is 0 Å². The van der Waals surface area contributed by atoms with Crippen LogP contribution in [0.3, 0.4) is 0 Å². The van der Waals surface area contributed by atoms with Gasteiger partial charge in [0, 0.05) is 19.1 Å². The molecule has 3 nitrogen and oxygen atoms in total. The molecule has 3 atom stereocenters. The van der Waals surface area contributed by atoms with Crippen LogP contribution in [0.2, 0.25) is 0 Å². The number of nitrogens with one attached hydrogen (secondary N) is 1. The second-order valence-electron chi connectivity index (χ2n) is 6.43. The van der Waals surface area contributed by atoms with E-state index in [9.17, 15) is 5.26 Å². The molecule has 0 aliphatic heterocycles. The minimum absolute atomic E-state index is 0.323. The first-order valence-corrected chi connectivity index (χ1v) is 7.79. The molecule has 110 valence electrons. The lowest BCUT2D eigenvalue weighted by atomic mass is 9.85. The Bertz CT molecular complexity index is 298. The predicted octanol–water partition coefficient (Wildman–Crippen LogP) is 3.64. The second-order valence-corrected chi connectivity index (χ2v) is 6.43. The van der Waals surface area contributed by atoms with E-state index in [1.165, 1.54) is 32.1 Å². The lowest BCUT2D eigenvalue weighted by molar-refractivity contribution is 0.00568. The molecule has 0 aromatic carbocycles. The highest BCUT2D eigenvalue weighted by atomic mass is 16.5. The fourth-order valence-corrected chi connectivity index (χ4v) is 2.99. The quantitative estimate of drug-likeness (QED) is 0.765. The van der Waals surface area contributed by atoms with Crippen molar-refractivity contribution in [3.8, 4) is 6.07 Å². The molecule has 1 fully saturated rings. The van der Waals surface area contributed by atoms with Gasteiger partial charge in [-0.2, -0.15) is 5.26 Å². The zero-order valence-corrected chi connectivity index (χ0v) is 13.0. The van der Waals surface area contributed by atoms with E-state index in [1.807, 2.05) is 6.92 Å². The number of hydrogen-bond acceptors (Lipinski definition) is 3. The van der Waals surface area contributed by atoms with E-state index in [0.717, 1.165) is 12.3 Å². The van der Waals surface area contributed by atoms with Crippen LogP contribution in [0.1, 0.15) is 66.2 Å². The van der Waals surface area contributed by atoms with Crippen molar-refractivity contribution >= 4 is 0 Å². The smallest absolute Gasteiger partial charge is 0.106 e. The number of hydrogen-bond donors (Lipinski definition) is 1. The van der Waals surface area contributed by atoms with Crippen LogP contribution in [-0.2, 0) is 4.74 Å². The minimum Gasteiger partial charge on any atom is -0.378 e. The third kappa shape index (κ3) is 5.93. The van der Waals surface area contributed by atoms with Crippen LogP contribution in [0.15, 0.2) is 0 Å². The minimum atomic E-state index is -0.465. The van der Waals surface area contributed by atoms with Crippen LogP contribution in [0.5, 0.6) is 0 Å². The molecule has 0 spiro atoms. The van der Waals surface area contributed by atoms with Gasteiger partial charge in [0.25, 0.3) is 0 Å². The summed E-state index contributed by atoms with van der Waals surface area (Å²) in [6.45, 7) is 9.07. The number of nitriles is 1. The van der Waals surface area contributed by atoms with Gasteiger partial charge in [-0.1, -0.05) is 26.2 Å². The maximum Gasteiger partial charge on any atom is 0.106 e. The molecular weight excluding hydrogens is 236 g/mol. The molecule has 3 unspecified atom stereocenters. The molecule has 1 rings (SSSR count). The zero-order valence-electron chi connectivity index (χ0n) is 13.0. The van der Waals surface area contributed by atoms with E-state index in [-0.39, 0.29) is 0 Å². The molecule has 19 heavy (non-hydrogen) atoms. The van der Waals surface area contributed by atoms with Crippen molar-refractivity contribution in [2.45, 2.75) is 83.9 Å². The average molecular weight is 266 g/mol. The lowest BCUT2D eigenvalue weighted by Crippen LogP contribution is -2.46. The molecule has 0 radical (unpaired) electrons. The molecule has 1 N–H and O–H groups in total. The Hall–Kier alpha value is -0.590. The normalized spacial score (nSPS) is 26.9. The largest absolute Gasteiger partial charge is 0.378 e. The van der Waals surface area contributed by atoms with Crippen LogP contribution in [0, 0.1) is 17.2 Å². The van der Waals surface area contributed by atoms with E-state index in [0.29, 0.717) is 18.8 Å². The summed E-state index contributed by atoms with van der Waals surface area (Å²) in [6.07, 6.45) is 7.50. The summed E-state index contributed by atoms with van der Waals surface area (Å²) < 4.78 is 6.00. The van der Waals surface area contributed by atoms with Crippen molar-refractivity contribution in [1.29, 1.82) is 5.26 Å². The van der Waals surface area contributed by atoms with Crippen LogP contribution in [0.4, 0.5) is 0 Å². The first-order valence-electron chi connectivity index (χ1n) is 7.79. The van der Waals surface area contributed by atoms with Gasteiger partial charge in [0.1, 0.15) is 5.54 Å². The molecule has 1 saturated carbocycles. The molecule has 0 aromatic rings. The van der Waals surface area contributed by atoms with Crippen molar-refractivity contribution in [3.63, 3.8) is 0 Å². The van der Waals surface area contributed by atoms with Crippen LogP contribution >= 0.6 is 0 Å². The molecule has 0 amide bonds. The Kier molecular flexibility index (Phi) is 6.82. The Labute approximate surface area is 118 Å². The summed E-state index contributed by atoms with van der Waals surface area (Å²) in [5, 5.41) is 12.6. The highest BCUT2D eigenvalue weighted by Gasteiger charge is 2.26. The Balaban J connectivity index is 2.30. The van der Waals surface area contributed by atoms with Gasteiger partial charge in [-0.15, -0.1) is 0 Å². The molecule has 0 bridgehead atoms.